The summed E-state index contributed by atoms with van der Waals surface area (Å²) in [5, 5.41) is 11.1. The number of benzene rings is 2. The van der Waals surface area contributed by atoms with Gasteiger partial charge in [-0.05, 0) is 12.1 Å². The number of quaternary nitrogens is 1. The Bertz CT molecular complexity index is 614. The predicted octanol–water partition coefficient (Wildman–Crippen LogP) is 0.816. The summed E-state index contributed by atoms with van der Waals surface area (Å²) in [4.78, 5) is 1.18. The number of hydrogen-bond donors (Lipinski definition) is 2. The third-order valence-corrected chi connectivity index (χ3v) is 3.60. The molecule has 0 fully saturated rings. The van der Waals surface area contributed by atoms with Gasteiger partial charge in [-0.1, -0.05) is 42.5 Å². The second kappa shape index (κ2) is 5.39. The fourth-order valence-electron chi connectivity index (χ4n) is 2.57. The molecule has 0 saturated carbocycles. The molecule has 0 aromatic heterocycles. The Morgan fingerprint density at radius 2 is 1.62 bits per heavy atom. The Kier molecular flexibility index (Phi) is 3.57. The molecular formula is C17H20NO3+. The summed E-state index contributed by atoms with van der Waals surface area (Å²) in [5.74, 6) is -0.245. The minimum absolute atomic E-state index is 0.472. The summed E-state index contributed by atoms with van der Waals surface area (Å²) in [6.07, 6.45) is -0.472. The van der Waals surface area contributed by atoms with E-state index in [0.717, 1.165) is 0 Å². The highest BCUT2D eigenvalue weighted by atomic mass is 16.7. The fraction of sp³-hybridized carbons (Fsp3) is 0.294. The number of ether oxygens (including phenoxy) is 2. The van der Waals surface area contributed by atoms with Gasteiger partial charge in [0, 0.05) is 5.56 Å². The Balaban J connectivity index is 2.03. The monoisotopic (exact) mass is 286 g/mol. The van der Waals surface area contributed by atoms with Crippen LogP contribution in [-0.4, -0.2) is 31.9 Å². The van der Waals surface area contributed by atoms with E-state index >= 15 is 0 Å². The second-order valence-corrected chi connectivity index (χ2v) is 5.63. The Labute approximate surface area is 124 Å². The molecule has 1 aliphatic heterocycles. The van der Waals surface area contributed by atoms with Gasteiger partial charge in [0.05, 0.1) is 14.1 Å². The van der Waals surface area contributed by atoms with E-state index in [1.807, 2.05) is 68.7 Å². The largest absolute Gasteiger partial charge is 0.473 e. The van der Waals surface area contributed by atoms with E-state index in [1.54, 1.807) is 0 Å². The van der Waals surface area contributed by atoms with Crippen LogP contribution in [0.3, 0.4) is 0 Å². The SMILES string of the molecule is C[NH+](C)C[C@@H]1Oc2ccccc2O[C@@]1(O)c1ccccc1. The van der Waals surface area contributed by atoms with Crippen molar-refractivity contribution in [2.75, 3.05) is 20.6 Å². The van der Waals surface area contributed by atoms with Crippen LogP contribution in [0.2, 0.25) is 0 Å². The highest BCUT2D eigenvalue weighted by Crippen LogP contribution is 2.41. The first-order valence-corrected chi connectivity index (χ1v) is 7.11. The maximum absolute atomic E-state index is 11.1. The number of fused-ring (bicyclic) bond motifs is 1. The molecule has 21 heavy (non-hydrogen) atoms. The molecule has 1 aliphatic rings. The first-order chi connectivity index (χ1) is 10.1. The van der Waals surface area contributed by atoms with Gasteiger partial charge in [0.1, 0.15) is 6.54 Å². The third-order valence-electron chi connectivity index (χ3n) is 3.60. The van der Waals surface area contributed by atoms with Crippen molar-refractivity contribution >= 4 is 0 Å². The minimum Gasteiger partial charge on any atom is -0.473 e. The molecule has 4 nitrogen and oxygen atoms in total. The van der Waals surface area contributed by atoms with Crippen molar-refractivity contribution in [3.8, 4) is 11.5 Å². The van der Waals surface area contributed by atoms with Crippen LogP contribution in [-0.2, 0) is 5.79 Å². The van der Waals surface area contributed by atoms with Crippen LogP contribution in [0.4, 0.5) is 0 Å². The van der Waals surface area contributed by atoms with Gasteiger partial charge < -0.3 is 19.5 Å². The summed E-state index contributed by atoms with van der Waals surface area (Å²) < 4.78 is 12.0. The molecule has 0 aliphatic carbocycles. The first kappa shape index (κ1) is 13.9. The Morgan fingerprint density at radius 3 is 2.29 bits per heavy atom. The highest BCUT2D eigenvalue weighted by molar-refractivity contribution is 5.43. The molecule has 0 radical (unpaired) electrons. The minimum atomic E-state index is -1.48. The molecule has 0 amide bonds. The zero-order valence-corrected chi connectivity index (χ0v) is 12.2. The number of hydrogen-bond acceptors (Lipinski definition) is 3. The molecule has 0 spiro atoms. The molecule has 1 heterocycles. The maximum Gasteiger partial charge on any atom is 0.278 e. The summed E-state index contributed by atoms with van der Waals surface area (Å²) in [5.41, 5.74) is 0.700. The average molecular weight is 286 g/mol. The van der Waals surface area contributed by atoms with Crippen molar-refractivity contribution < 1.29 is 19.5 Å². The van der Waals surface area contributed by atoms with Gasteiger partial charge in [-0.25, -0.2) is 0 Å². The van der Waals surface area contributed by atoms with Gasteiger partial charge in [0.15, 0.2) is 11.5 Å². The topological polar surface area (TPSA) is 43.1 Å². The Morgan fingerprint density at radius 1 is 1.00 bits per heavy atom. The standard InChI is InChI=1S/C17H19NO3/c1-18(2)12-16-17(19,13-8-4-3-5-9-13)21-15-11-7-6-10-14(15)20-16/h3-11,16,19H,12H2,1-2H3/p+1/t16-,17-/m0/s1. The lowest BCUT2D eigenvalue weighted by atomic mass is 9.98. The summed E-state index contributed by atoms with van der Waals surface area (Å²) >= 11 is 0. The zero-order valence-electron chi connectivity index (χ0n) is 12.2. The van der Waals surface area contributed by atoms with E-state index in [1.165, 1.54) is 4.90 Å². The lowest BCUT2D eigenvalue weighted by Gasteiger charge is -2.40. The van der Waals surface area contributed by atoms with Crippen LogP contribution in [0.15, 0.2) is 54.6 Å². The van der Waals surface area contributed by atoms with Crippen LogP contribution >= 0.6 is 0 Å². The average Bonchev–Trinajstić information content (AvgIpc) is 2.48. The molecule has 0 saturated heterocycles. The number of nitrogens with one attached hydrogen (secondary N) is 1. The van der Waals surface area contributed by atoms with Gasteiger partial charge in [-0.2, -0.15) is 0 Å². The van der Waals surface area contributed by atoms with Crippen molar-refractivity contribution in [1.82, 2.24) is 0 Å². The first-order valence-electron chi connectivity index (χ1n) is 7.11. The van der Waals surface area contributed by atoms with Crippen LogP contribution in [0.1, 0.15) is 5.56 Å². The smallest absolute Gasteiger partial charge is 0.278 e. The number of aliphatic hydroxyl groups is 1. The summed E-state index contributed by atoms with van der Waals surface area (Å²) in [7, 11) is 4.05. The molecule has 2 aromatic carbocycles. The van der Waals surface area contributed by atoms with E-state index in [4.69, 9.17) is 9.47 Å². The zero-order chi connectivity index (χ0) is 14.9. The van der Waals surface area contributed by atoms with Gasteiger partial charge in [0.2, 0.25) is 6.10 Å². The number of likely N-dealkylation sites (N-methyl/N-ethyl adjacent to an activating group) is 1. The van der Waals surface area contributed by atoms with Crippen LogP contribution in [0.25, 0.3) is 0 Å². The summed E-state index contributed by atoms with van der Waals surface area (Å²) in [6.45, 7) is 0.625. The van der Waals surface area contributed by atoms with Crippen LogP contribution in [0, 0.1) is 0 Å². The van der Waals surface area contributed by atoms with E-state index in [9.17, 15) is 5.11 Å². The highest BCUT2D eigenvalue weighted by Gasteiger charge is 2.48. The van der Waals surface area contributed by atoms with Gasteiger partial charge >= 0.3 is 0 Å². The van der Waals surface area contributed by atoms with Crippen molar-refractivity contribution in [3.63, 3.8) is 0 Å². The molecule has 3 rings (SSSR count). The van der Waals surface area contributed by atoms with Crippen LogP contribution in [0.5, 0.6) is 11.5 Å². The molecule has 2 aromatic rings. The van der Waals surface area contributed by atoms with Gasteiger partial charge in [-0.15, -0.1) is 0 Å². The fourth-order valence-corrected chi connectivity index (χ4v) is 2.57. The van der Waals surface area contributed by atoms with Gasteiger partial charge in [0.25, 0.3) is 5.79 Å². The van der Waals surface area contributed by atoms with Crippen molar-refractivity contribution in [3.05, 3.63) is 60.2 Å². The molecule has 0 bridgehead atoms. The Hall–Kier alpha value is -2.04. The number of para-hydroxylation sites is 2. The molecule has 110 valence electrons. The molecule has 4 heteroatoms. The van der Waals surface area contributed by atoms with Crippen molar-refractivity contribution in [2.45, 2.75) is 11.9 Å². The molecule has 2 N–H and O–H groups in total. The van der Waals surface area contributed by atoms with E-state index < -0.39 is 11.9 Å². The third kappa shape index (κ3) is 2.60. The molecular weight excluding hydrogens is 266 g/mol. The number of rotatable bonds is 3. The summed E-state index contributed by atoms with van der Waals surface area (Å²) in [6, 6.07) is 16.8. The second-order valence-electron chi connectivity index (χ2n) is 5.63. The lowest BCUT2D eigenvalue weighted by molar-refractivity contribution is -0.863. The normalized spacial score (nSPS) is 24.1. The van der Waals surface area contributed by atoms with Gasteiger partial charge in [-0.3, -0.25) is 0 Å². The van der Waals surface area contributed by atoms with Crippen molar-refractivity contribution in [1.29, 1.82) is 0 Å². The van der Waals surface area contributed by atoms with Crippen LogP contribution < -0.4 is 14.4 Å². The maximum atomic E-state index is 11.1. The van der Waals surface area contributed by atoms with E-state index in [2.05, 4.69) is 0 Å². The predicted molar refractivity (Wildman–Crippen MR) is 79.5 cm³/mol. The van der Waals surface area contributed by atoms with Crippen molar-refractivity contribution in [2.24, 2.45) is 0 Å². The van der Waals surface area contributed by atoms with E-state index in [-0.39, 0.29) is 0 Å². The van der Waals surface area contributed by atoms with E-state index in [0.29, 0.717) is 23.6 Å². The quantitative estimate of drug-likeness (QED) is 0.878. The molecule has 0 unspecified atom stereocenters. The lowest BCUT2D eigenvalue weighted by Crippen LogP contribution is -3.07. The molecule has 2 atom stereocenters.